The largest absolute Gasteiger partial charge is 0.120 e. The Balaban J connectivity index is 2.54. The lowest BCUT2D eigenvalue weighted by molar-refractivity contribution is 1.25. The van der Waals surface area contributed by atoms with E-state index in [-0.39, 0.29) is 0 Å². The van der Waals surface area contributed by atoms with Crippen LogP contribution in [-0.2, 0) is 0 Å². The SMILES string of the molecule is C#CCC[B]C. The van der Waals surface area contributed by atoms with Crippen molar-refractivity contribution in [1.29, 1.82) is 0 Å². The first-order valence-electron chi connectivity index (χ1n) is 2.13. The Hall–Kier alpha value is -0.375. The average Bonchev–Trinajstić information content (AvgIpc) is 1.61. The fraction of sp³-hybridized carbons (Fsp3) is 0.600. The molecule has 1 radical (unpaired) electrons. The lowest BCUT2D eigenvalue weighted by Gasteiger charge is -1.77. The van der Waals surface area contributed by atoms with E-state index in [0.29, 0.717) is 0 Å². The molecule has 0 aliphatic heterocycles. The summed E-state index contributed by atoms with van der Waals surface area (Å²) in [5, 5.41) is 0. The van der Waals surface area contributed by atoms with Crippen LogP contribution in [0, 0.1) is 12.3 Å². The molecule has 31 valence electrons. The monoisotopic (exact) mass is 79.1 g/mol. The first-order valence-corrected chi connectivity index (χ1v) is 2.13. The van der Waals surface area contributed by atoms with Gasteiger partial charge < -0.3 is 0 Å². The quantitative estimate of drug-likeness (QED) is 0.265. The summed E-state index contributed by atoms with van der Waals surface area (Å²) in [5.41, 5.74) is 0. The van der Waals surface area contributed by atoms with E-state index in [9.17, 15) is 0 Å². The molecule has 0 atom stereocenters. The molecule has 0 aliphatic rings. The first-order chi connectivity index (χ1) is 2.91. The second kappa shape index (κ2) is 4.62. The predicted molar refractivity (Wildman–Crippen MR) is 29.9 cm³/mol. The Morgan fingerprint density at radius 1 is 1.83 bits per heavy atom. The molecule has 0 heterocycles. The molecule has 0 spiro atoms. The zero-order chi connectivity index (χ0) is 4.83. The highest BCUT2D eigenvalue weighted by molar-refractivity contribution is 6.33. The van der Waals surface area contributed by atoms with Gasteiger partial charge >= 0.3 is 0 Å². The Bertz CT molecular complexity index is 51.4. The minimum Gasteiger partial charge on any atom is -0.120 e. The van der Waals surface area contributed by atoms with Gasteiger partial charge in [0.05, 0.1) is 0 Å². The molecule has 0 saturated heterocycles. The second-order valence-corrected chi connectivity index (χ2v) is 1.15. The van der Waals surface area contributed by atoms with Crippen LogP contribution in [0.25, 0.3) is 0 Å². The summed E-state index contributed by atoms with van der Waals surface area (Å²) in [7, 11) is 2.07. The zero-order valence-corrected chi connectivity index (χ0v) is 4.07. The maximum Gasteiger partial charge on any atom is 0.107 e. The fourth-order valence-electron chi connectivity index (χ4n) is 0.228. The normalized spacial score (nSPS) is 6.67. The first kappa shape index (κ1) is 5.62. The molecule has 0 amide bonds. The molecule has 0 aliphatic carbocycles. The van der Waals surface area contributed by atoms with Gasteiger partial charge in [-0.2, -0.15) is 0 Å². The van der Waals surface area contributed by atoms with Crippen LogP contribution in [0.1, 0.15) is 6.42 Å². The van der Waals surface area contributed by atoms with E-state index >= 15 is 0 Å². The molecule has 0 aromatic heterocycles. The molecule has 1 heteroatoms. The number of hydrogen-bond donors (Lipinski definition) is 0. The van der Waals surface area contributed by atoms with Crippen LogP contribution >= 0.6 is 0 Å². The highest BCUT2D eigenvalue weighted by Gasteiger charge is 1.74. The molecule has 0 saturated carbocycles. The molecule has 0 N–H and O–H groups in total. The molecular weight excluding hydrogens is 70.9 g/mol. The Labute approximate surface area is 40.2 Å². The lowest BCUT2D eigenvalue weighted by atomic mass is 9.77. The van der Waals surface area contributed by atoms with Crippen molar-refractivity contribution in [3.05, 3.63) is 0 Å². The van der Waals surface area contributed by atoms with Crippen molar-refractivity contribution in [1.82, 2.24) is 0 Å². The van der Waals surface area contributed by atoms with Gasteiger partial charge in [-0.1, -0.05) is 13.1 Å². The van der Waals surface area contributed by atoms with E-state index in [4.69, 9.17) is 6.42 Å². The molecule has 0 rings (SSSR count). The van der Waals surface area contributed by atoms with Crippen LogP contribution in [0.3, 0.4) is 0 Å². The van der Waals surface area contributed by atoms with Gasteiger partial charge in [0.25, 0.3) is 0 Å². The van der Waals surface area contributed by atoms with Crippen LogP contribution in [0.4, 0.5) is 0 Å². The van der Waals surface area contributed by atoms with E-state index < -0.39 is 0 Å². The molecular formula is C5H8B. The highest BCUT2D eigenvalue weighted by atomic mass is 13.6. The van der Waals surface area contributed by atoms with E-state index in [1.807, 2.05) is 6.82 Å². The smallest absolute Gasteiger partial charge is 0.107 e. The van der Waals surface area contributed by atoms with Crippen molar-refractivity contribution in [2.45, 2.75) is 19.6 Å². The maximum atomic E-state index is 4.94. The van der Waals surface area contributed by atoms with Crippen molar-refractivity contribution >= 4 is 7.28 Å². The van der Waals surface area contributed by atoms with Gasteiger partial charge in [0.1, 0.15) is 7.28 Å². The van der Waals surface area contributed by atoms with Gasteiger partial charge in [0.2, 0.25) is 0 Å². The van der Waals surface area contributed by atoms with Crippen molar-refractivity contribution < 1.29 is 0 Å². The van der Waals surface area contributed by atoms with Gasteiger partial charge in [-0.25, -0.2) is 0 Å². The number of hydrogen-bond acceptors (Lipinski definition) is 0. The fourth-order valence-corrected chi connectivity index (χ4v) is 0.228. The number of terminal acetylenes is 1. The third-order valence-electron chi connectivity index (χ3n) is 0.577. The van der Waals surface area contributed by atoms with Crippen LogP contribution in [0.2, 0.25) is 13.1 Å². The van der Waals surface area contributed by atoms with Gasteiger partial charge in [-0.05, 0) is 0 Å². The van der Waals surface area contributed by atoms with Gasteiger partial charge in [-0.15, -0.1) is 12.3 Å². The van der Waals surface area contributed by atoms with E-state index in [2.05, 4.69) is 13.2 Å². The minimum atomic E-state index is 0.885. The van der Waals surface area contributed by atoms with Crippen LogP contribution in [-0.4, -0.2) is 7.28 Å². The molecule has 0 nitrogen and oxygen atoms in total. The summed E-state index contributed by atoms with van der Waals surface area (Å²) in [6.07, 6.45) is 6.88. The minimum absolute atomic E-state index is 0.885. The van der Waals surface area contributed by atoms with Crippen molar-refractivity contribution in [2.75, 3.05) is 0 Å². The molecule has 0 bridgehead atoms. The third kappa shape index (κ3) is 3.62. The Kier molecular flexibility index (Phi) is 4.34. The second-order valence-electron chi connectivity index (χ2n) is 1.15. The highest BCUT2D eigenvalue weighted by Crippen LogP contribution is 1.81. The predicted octanol–water partition coefficient (Wildman–Crippen LogP) is 1.18. The van der Waals surface area contributed by atoms with Gasteiger partial charge in [0, 0.05) is 6.42 Å². The van der Waals surface area contributed by atoms with Crippen molar-refractivity contribution in [3.63, 3.8) is 0 Å². The van der Waals surface area contributed by atoms with Gasteiger partial charge in [0.15, 0.2) is 0 Å². The van der Waals surface area contributed by atoms with Crippen molar-refractivity contribution in [2.24, 2.45) is 0 Å². The Morgan fingerprint density at radius 2 is 2.50 bits per heavy atom. The summed E-state index contributed by atoms with van der Waals surface area (Å²) >= 11 is 0. The molecule has 6 heavy (non-hydrogen) atoms. The summed E-state index contributed by atoms with van der Waals surface area (Å²) in [4.78, 5) is 0. The molecule has 0 fully saturated rings. The lowest BCUT2D eigenvalue weighted by Crippen LogP contribution is -1.75. The van der Waals surface area contributed by atoms with Crippen LogP contribution < -0.4 is 0 Å². The summed E-state index contributed by atoms with van der Waals surface area (Å²) < 4.78 is 0. The molecule has 0 aromatic carbocycles. The van der Waals surface area contributed by atoms with Crippen LogP contribution in [0.15, 0.2) is 0 Å². The Morgan fingerprint density at radius 3 is 2.67 bits per heavy atom. The average molecular weight is 78.9 g/mol. The van der Waals surface area contributed by atoms with E-state index in [1.54, 1.807) is 0 Å². The van der Waals surface area contributed by atoms with E-state index in [1.165, 1.54) is 0 Å². The maximum absolute atomic E-state index is 4.94. The summed E-state index contributed by atoms with van der Waals surface area (Å²) in [5.74, 6) is 2.54. The summed E-state index contributed by atoms with van der Waals surface area (Å²) in [6.45, 7) is 2.01. The van der Waals surface area contributed by atoms with E-state index in [0.717, 1.165) is 12.7 Å². The molecule has 0 aromatic rings. The topological polar surface area (TPSA) is 0 Å². The van der Waals surface area contributed by atoms with Gasteiger partial charge in [-0.3, -0.25) is 0 Å². The van der Waals surface area contributed by atoms with Crippen LogP contribution in [0.5, 0.6) is 0 Å². The summed E-state index contributed by atoms with van der Waals surface area (Å²) in [6, 6.07) is 0. The zero-order valence-electron chi connectivity index (χ0n) is 4.07. The number of rotatable bonds is 2. The van der Waals surface area contributed by atoms with Crippen molar-refractivity contribution in [3.8, 4) is 12.3 Å². The standard InChI is InChI=1S/C5H8B/c1-3-4-5-6-2/h1H,4-5H2,2H3. The molecule has 0 unspecified atom stereocenters. The third-order valence-corrected chi connectivity index (χ3v) is 0.577.